The van der Waals surface area contributed by atoms with Gasteiger partial charge in [0.1, 0.15) is 6.15 Å². The van der Waals surface area contributed by atoms with Crippen molar-refractivity contribution in [3.63, 3.8) is 0 Å². The van der Waals surface area contributed by atoms with Gasteiger partial charge in [0, 0.05) is 7.26 Å². The van der Waals surface area contributed by atoms with Crippen molar-refractivity contribution in [1.82, 2.24) is 0 Å². The molecule has 0 aromatic heterocycles. The minimum atomic E-state index is -1.22. The van der Waals surface area contributed by atoms with Gasteiger partial charge in [-0.2, -0.15) is 21.9 Å². The minimum Gasteiger partial charge on any atom is -0.195 e. The molecule has 0 nitrogen and oxygen atoms in total. The van der Waals surface area contributed by atoms with E-state index in [-0.39, 0.29) is 0 Å². The summed E-state index contributed by atoms with van der Waals surface area (Å²) in [5, 5.41) is 0. The van der Waals surface area contributed by atoms with E-state index in [1.165, 1.54) is 150 Å². The van der Waals surface area contributed by atoms with Crippen LogP contribution in [0.25, 0.3) is 0 Å². The average molecular weight is 803 g/mol. The molecule has 0 amide bonds. The van der Waals surface area contributed by atoms with Crippen molar-refractivity contribution < 1.29 is 0 Å². The molecule has 2 heteroatoms. The molecule has 0 heterocycles. The second-order valence-corrected chi connectivity index (χ2v) is 22.3. The Bertz CT molecular complexity index is 1280. The van der Waals surface area contributed by atoms with E-state index in [4.69, 9.17) is 0 Å². The van der Waals surface area contributed by atoms with Crippen molar-refractivity contribution in [3.8, 4) is 0 Å². The van der Waals surface area contributed by atoms with E-state index in [1.807, 2.05) is 0 Å². The maximum absolute atomic E-state index is 2.37. The Morgan fingerprint density at radius 1 is 0.259 bits per heavy atom. The van der Waals surface area contributed by atoms with Crippen molar-refractivity contribution in [3.05, 3.63) is 121 Å². The zero-order chi connectivity index (χ0) is 41.3. The summed E-state index contributed by atoms with van der Waals surface area (Å²) in [5.41, 5.74) is 5.36. The van der Waals surface area contributed by atoms with E-state index >= 15 is 0 Å². The van der Waals surface area contributed by atoms with Crippen molar-refractivity contribution in [1.29, 1.82) is 0 Å². The molecular formula is C56H88BP. The molecule has 4 aromatic carbocycles. The number of hydrogen-bond donors (Lipinski definition) is 0. The monoisotopic (exact) mass is 803 g/mol. The highest BCUT2D eigenvalue weighted by Gasteiger charge is 2.35. The van der Waals surface area contributed by atoms with Crippen LogP contribution < -0.4 is 21.9 Å². The van der Waals surface area contributed by atoms with Gasteiger partial charge >= 0.3 is 0 Å². The largest absolute Gasteiger partial charge is 0.195 e. The summed E-state index contributed by atoms with van der Waals surface area (Å²) in [5.74, 6) is 0. The summed E-state index contributed by atoms with van der Waals surface area (Å²) >= 11 is 0. The Kier molecular flexibility index (Phi) is 27.6. The van der Waals surface area contributed by atoms with Gasteiger partial charge < -0.3 is 0 Å². The number of rotatable bonds is 32. The molecule has 0 radical (unpaired) electrons. The molecule has 4 rings (SSSR count). The van der Waals surface area contributed by atoms with Crippen LogP contribution >= 0.6 is 7.26 Å². The zero-order valence-electron chi connectivity index (χ0n) is 38.4. The van der Waals surface area contributed by atoms with Gasteiger partial charge in [-0.1, -0.05) is 252 Å². The summed E-state index contributed by atoms with van der Waals surface area (Å²) in [6, 6.07) is 43.5. The van der Waals surface area contributed by atoms with E-state index in [1.54, 1.807) is 50.3 Å². The lowest BCUT2D eigenvalue weighted by Crippen LogP contribution is -2.74. The molecule has 0 fully saturated rings. The van der Waals surface area contributed by atoms with Crippen LogP contribution in [0.3, 0.4) is 0 Å². The second-order valence-electron chi connectivity index (χ2n) is 17.8. The molecule has 0 aliphatic rings. The predicted molar refractivity (Wildman–Crippen MR) is 270 cm³/mol. The highest BCUT2D eigenvalue weighted by molar-refractivity contribution is 7.75. The third-order valence-corrected chi connectivity index (χ3v) is 18.2. The Morgan fingerprint density at radius 2 is 0.448 bits per heavy atom. The molecule has 320 valence electrons. The Balaban J connectivity index is 0.000000319. The van der Waals surface area contributed by atoms with E-state index < -0.39 is 13.4 Å². The molecule has 58 heavy (non-hydrogen) atoms. The molecular weight excluding hydrogens is 714 g/mol. The summed E-state index contributed by atoms with van der Waals surface area (Å²) in [4.78, 5) is 0. The maximum atomic E-state index is 2.37. The van der Waals surface area contributed by atoms with Gasteiger partial charge in [-0.25, -0.2) is 0 Å². The molecule has 0 aliphatic heterocycles. The fourth-order valence-electron chi connectivity index (χ4n) is 9.70. The first-order valence-corrected chi connectivity index (χ1v) is 27.4. The lowest BCUT2D eigenvalue weighted by Gasteiger charge is -2.44. The quantitative estimate of drug-likeness (QED) is 0.0262. The first-order chi connectivity index (χ1) is 28.7. The third kappa shape index (κ3) is 18.3. The van der Waals surface area contributed by atoms with Gasteiger partial charge in [0.15, 0.2) is 0 Å². The fourth-order valence-corrected chi connectivity index (χ4v) is 14.6. The van der Waals surface area contributed by atoms with Crippen LogP contribution in [0.2, 0.25) is 0 Å². The minimum absolute atomic E-state index is 0.697. The van der Waals surface area contributed by atoms with Crippen LogP contribution in [0.4, 0.5) is 0 Å². The van der Waals surface area contributed by atoms with Gasteiger partial charge in [0.25, 0.3) is 0 Å². The van der Waals surface area contributed by atoms with E-state index in [2.05, 4.69) is 149 Å². The third-order valence-electron chi connectivity index (χ3n) is 13.1. The van der Waals surface area contributed by atoms with Gasteiger partial charge in [-0.3, -0.25) is 0 Å². The van der Waals surface area contributed by atoms with Crippen LogP contribution in [0, 0.1) is 0 Å². The van der Waals surface area contributed by atoms with Crippen LogP contribution in [-0.4, -0.2) is 30.8 Å². The summed E-state index contributed by atoms with van der Waals surface area (Å²) in [6.07, 6.45) is 40.9. The first kappa shape index (κ1) is 49.7. The van der Waals surface area contributed by atoms with Gasteiger partial charge in [0.05, 0.1) is 24.6 Å². The summed E-state index contributed by atoms with van der Waals surface area (Å²) in [7, 11) is -0.697. The summed E-state index contributed by atoms with van der Waals surface area (Å²) < 4.78 is 0. The van der Waals surface area contributed by atoms with Crippen molar-refractivity contribution in [2.24, 2.45) is 0 Å². The first-order valence-electron chi connectivity index (χ1n) is 24.9. The molecule has 0 spiro atoms. The maximum Gasteiger partial charge on any atom is 0.108 e. The Labute approximate surface area is 361 Å². The molecule has 0 saturated heterocycles. The van der Waals surface area contributed by atoms with E-state index in [0.717, 1.165) is 0 Å². The Hall–Kier alpha value is -2.63. The van der Waals surface area contributed by atoms with Gasteiger partial charge in [0.2, 0.25) is 0 Å². The fraction of sp³-hybridized carbons (Fsp3) is 0.571. The molecule has 0 bridgehead atoms. The van der Waals surface area contributed by atoms with Crippen LogP contribution in [0.15, 0.2) is 121 Å². The average Bonchev–Trinajstić information content (AvgIpc) is 3.28. The van der Waals surface area contributed by atoms with Crippen LogP contribution in [0.1, 0.15) is 182 Å². The van der Waals surface area contributed by atoms with Crippen LogP contribution in [0.5, 0.6) is 0 Å². The number of unbranched alkanes of at least 4 members (excludes halogenated alkanes) is 20. The highest BCUT2D eigenvalue weighted by Crippen LogP contribution is 2.61. The highest BCUT2D eigenvalue weighted by atomic mass is 31.2. The molecule has 4 aromatic rings. The Morgan fingerprint density at radius 3 is 0.672 bits per heavy atom. The van der Waals surface area contributed by atoms with Gasteiger partial charge in [-0.05, 0) is 51.4 Å². The van der Waals surface area contributed by atoms with E-state index in [0.29, 0.717) is 0 Å². The second kappa shape index (κ2) is 32.2. The zero-order valence-corrected chi connectivity index (χ0v) is 39.3. The lowest BCUT2D eigenvalue weighted by molar-refractivity contribution is 0.548. The van der Waals surface area contributed by atoms with E-state index in [9.17, 15) is 0 Å². The number of benzene rings is 4. The molecule has 0 saturated carbocycles. The lowest BCUT2D eigenvalue weighted by atomic mass is 9.13. The molecule has 0 N–H and O–H groups in total. The standard InChI is InChI=1S/C32H68P.C24H20B/c1-5-9-13-17-18-19-20-21-22-23-24-28-32-33(29-25-14-10-6-2,30-26-15-11-7-3)31-27-16-12-8-4;1-5-13-21(14-6-1)25(22-15-7-2-8-16-22,23-17-9-3-10-18-23)24-19-11-4-12-20-24/h5-32H2,1-4H3;1-20H/q+1;-1. The normalized spacial score (nSPS) is 11.7. The van der Waals surface area contributed by atoms with Crippen molar-refractivity contribution >= 4 is 35.3 Å². The summed E-state index contributed by atoms with van der Waals surface area (Å²) in [6.45, 7) is 9.41. The van der Waals surface area contributed by atoms with Crippen molar-refractivity contribution in [2.75, 3.05) is 24.6 Å². The molecule has 0 atom stereocenters. The molecule has 0 aliphatic carbocycles. The smallest absolute Gasteiger partial charge is 0.108 e. The molecule has 0 unspecified atom stereocenters. The SMILES string of the molecule is CCCCCCCCCCCCCC[P+](CCCCCC)(CCCCCC)CCCCCC.c1ccc([B-](c2ccccc2)(c2ccccc2)c2ccccc2)cc1. The van der Waals surface area contributed by atoms with Crippen molar-refractivity contribution in [2.45, 2.75) is 182 Å². The predicted octanol–water partition coefficient (Wildman–Crippen LogP) is 15.5. The topological polar surface area (TPSA) is 0 Å². The van der Waals surface area contributed by atoms with Gasteiger partial charge in [-0.15, -0.1) is 0 Å². The van der Waals surface area contributed by atoms with Crippen LogP contribution in [-0.2, 0) is 0 Å². The number of hydrogen-bond acceptors (Lipinski definition) is 0.